The molecule has 0 unspecified atom stereocenters. The number of anilines is 1. The molecule has 0 saturated carbocycles. The Hall–Kier alpha value is -3.03. The van der Waals surface area contributed by atoms with Crippen molar-refractivity contribution in [3.8, 4) is 6.07 Å². The lowest BCUT2D eigenvalue weighted by atomic mass is 10.2. The topological polar surface area (TPSA) is 115 Å². The standard InChI is InChI=1S/C19H33N3O.C6H7NO2.C6H13NOS/c1-4-7-14-22(6-3)15-9-13-21-19(23)17-10-8-11-18(16-17)20-12-5-2;1-3-9-6(8)5(2)4-7;1-4-7(2)6(8)5-9-3/h8,10-11,16,20H,4-7,9,12-15H2,1-3H3,(H,21,23);2-3H2,1H3;4-5H2,1-3H3. The van der Waals surface area contributed by atoms with E-state index in [4.69, 9.17) is 5.26 Å². The molecule has 0 fully saturated rings. The highest BCUT2D eigenvalue weighted by molar-refractivity contribution is 7.99. The summed E-state index contributed by atoms with van der Waals surface area (Å²) in [5.41, 5.74) is 1.58. The molecule has 0 saturated heterocycles. The zero-order chi connectivity index (χ0) is 31.5. The Morgan fingerprint density at radius 1 is 1.02 bits per heavy atom. The molecule has 2 amide bonds. The summed E-state index contributed by atoms with van der Waals surface area (Å²) in [6.45, 7) is 19.4. The van der Waals surface area contributed by atoms with Crippen molar-refractivity contribution in [2.24, 2.45) is 0 Å². The van der Waals surface area contributed by atoms with Crippen LogP contribution in [-0.4, -0.2) is 92.5 Å². The number of benzene rings is 1. The smallest absolute Gasteiger partial charge is 0.348 e. The third kappa shape index (κ3) is 21.4. The van der Waals surface area contributed by atoms with Gasteiger partial charge in [-0.3, -0.25) is 9.59 Å². The Balaban J connectivity index is 0. The molecule has 1 rings (SSSR count). The van der Waals surface area contributed by atoms with Crippen LogP contribution in [0.25, 0.3) is 0 Å². The molecule has 232 valence electrons. The minimum absolute atomic E-state index is 0.0155. The SMILES string of the molecule is C=C(C#N)C(=O)OCC.CCCCN(CC)CCCNC(=O)c1cccc(NCCC)c1.CCN(C)C(=O)CSC. The molecular weight excluding hydrogens is 538 g/mol. The number of thioether (sulfide) groups is 1. The number of nitriles is 1. The van der Waals surface area contributed by atoms with Gasteiger partial charge in [0.25, 0.3) is 5.91 Å². The first kappa shape index (κ1) is 40.1. The van der Waals surface area contributed by atoms with Crippen LogP contribution in [0.3, 0.4) is 0 Å². The van der Waals surface area contributed by atoms with Crippen LogP contribution in [0.1, 0.15) is 70.7 Å². The van der Waals surface area contributed by atoms with Gasteiger partial charge in [0.15, 0.2) is 0 Å². The Labute approximate surface area is 253 Å². The predicted molar refractivity (Wildman–Crippen MR) is 172 cm³/mol. The van der Waals surface area contributed by atoms with E-state index in [0.29, 0.717) is 5.75 Å². The minimum Gasteiger partial charge on any atom is -0.462 e. The number of nitrogens with one attached hydrogen (secondary N) is 2. The molecule has 0 aliphatic heterocycles. The summed E-state index contributed by atoms with van der Waals surface area (Å²) >= 11 is 1.56. The fraction of sp³-hybridized carbons (Fsp3) is 0.613. The summed E-state index contributed by atoms with van der Waals surface area (Å²) in [6, 6.07) is 9.30. The van der Waals surface area contributed by atoms with E-state index in [1.165, 1.54) is 12.8 Å². The van der Waals surface area contributed by atoms with Gasteiger partial charge in [0.05, 0.1) is 12.4 Å². The largest absolute Gasteiger partial charge is 0.462 e. The first-order chi connectivity index (χ1) is 19.6. The number of unbranched alkanes of at least 4 members (excludes halogenated alkanes) is 1. The second kappa shape index (κ2) is 27.2. The lowest BCUT2D eigenvalue weighted by Crippen LogP contribution is -2.30. The van der Waals surface area contributed by atoms with Crippen molar-refractivity contribution in [1.29, 1.82) is 5.26 Å². The molecular formula is C31H53N5O4S. The number of ether oxygens (including phenoxy) is 1. The number of rotatable bonds is 17. The van der Waals surface area contributed by atoms with Gasteiger partial charge >= 0.3 is 5.97 Å². The maximum absolute atomic E-state index is 12.2. The zero-order valence-corrected chi connectivity index (χ0v) is 27.2. The van der Waals surface area contributed by atoms with Gasteiger partial charge in [-0.25, -0.2) is 4.79 Å². The van der Waals surface area contributed by atoms with Crippen molar-refractivity contribution in [2.45, 2.75) is 60.3 Å². The molecule has 41 heavy (non-hydrogen) atoms. The molecule has 0 aliphatic rings. The van der Waals surface area contributed by atoms with Crippen LogP contribution in [0.4, 0.5) is 5.69 Å². The number of hydrogen-bond acceptors (Lipinski definition) is 8. The van der Waals surface area contributed by atoms with Gasteiger partial charge in [-0.15, -0.1) is 0 Å². The quantitative estimate of drug-likeness (QED) is 0.110. The van der Waals surface area contributed by atoms with Crippen LogP contribution in [0.2, 0.25) is 0 Å². The third-order valence-corrected chi connectivity index (χ3v) is 6.28. The lowest BCUT2D eigenvalue weighted by molar-refractivity contribution is -0.138. The van der Waals surface area contributed by atoms with Crippen molar-refractivity contribution >= 4 is 35.2 Å². The molecule has 0 heterocycles. The van der Waals surface area contributed by atoms with Gasteiger partial charge in [-0.1, -0.05) is 39.8 Å². The molecule has 2 N–H and O–H groups in total. The summed E-state index contributed by atoms with van der Waals surface area (Å²) in [5.74, 6) is 0.191. The Morgan fingerprint density at radius 2 is 1.71 bits per heavy atom. The monoisotopic (exact) mass is 591 g/mol. The van der Waals surface area contributed by atoms with Crippen LogP contribution in [-0.2, 0) is 14.3 Å². The molecule has 0 aliphatic carbocycles. The van der Waals surface area contributed by atoms with Gasteiger partial charge in [-0.05, 0) is 77.2 Å². The molecule has 0 bridgehead atoms. The van der Waals surface area contributed by atoms with Gasteiger partial charge in [0.2, 0.25) is 5.91 Å². The maximum Gasteiger partial charge on any atom is 0.348 e. The molecule has 1 aromatic carbocycles. The average Bonchev–Trinajstić information content (AvgIpc) is 2.99. The van der Waals surface area contributed by atoms with E-state index in [9.17, 15) is 14.4 Å². The average molecular weight is 592 g/mol. The molecule has 1 aromatic rings. The fourth-order valence-corrected chi connectivity index (χ4v) is 3.60. The lowest BCUT2D eigenvalue weighted by Gasteiger charge is -2.19. The molecule has 0 aromatic heterocycles. The minimum atomic E-state index is -0.639. The maximum atomic E-state index is 12.2. The van der Waals surface area contributed by atoms with E-state index in [-0.39, 0.29) is 24.0 Å². The number of carbonyl (C=O) groups excluding carboxylic acids is 3. The Kier molecular flexibility index (Phi) is 26.6. The van der Waals surface area contributed by atoms with Crippen LogP contribution >= 0.6 is 11.8 Å². The van der Waals surface area contributed by atoms with E-state index < -0.39 is 5.97 Å². The normalized spacial score (nSPS) is 9.73. The fourth-order valence-electron chi connectivity index (χ4n) is 3.13. The third-order valence-electron chi connectivity index (χ3n) is 5.74. The number of esters is 1. The van der Waals surface area contributed by atoms with Crippen LogP contribution < -0.4 is 10.6 Å². The van der Waals surface area contributed by atoms with Crippen molar-refractivity contribution < 1.29 is 19.1 Å². The van der Waals surface area contributed by atoms with Crippen LogP contribution in [0, 0.1) is 11.3 Å². The van der Waals surface area contributed by atoms with E-state index >= 15 is 0 Å². The molecule has 10 heteroatoms. The second-order valence-corrected chi connectivity index (χ2v) is 9.92. The molecule has 0 atom stereocenters. The number of carbonyl (C=O) groups is 3. The van der Waals surface area contributed by atoms with Crippen molar-refractivity contribution in [3.63, 3.8) is 0 Å². The summed E-state index contributed by atoms with van der Waals surface area (Å²) < 4.78 is 4.43. The second-order valence-electron chi connectivity index (χ2n) is 9.06. The van der Waals surface area contributed by atoms with E-state index in [0.717, 1.165) is 63.4 Å². The highest BCUT2D eigenvalue weighted by Gasteiger charge is 2.07. The zero-order valence-electron chi connectivity index (χ0n) is 26.4. The molecule has 0 radical (unpaired) electrons. The van der Waals surface area contributed by atoms with Crippen LogP contribution in [0.5, 0.6) is 0 Å². The van der Waals surface area contributed by atoms with Gasteiger partial charge in [-0.2, -0.15) is 17.0 Å². The summed E-state index contributed by atoms with van der Waals surface area (Å²) in [6.07, 6.45) is 6.48. The van der Waals surface area contributed by atoms with Gasteiger partial charge in [0.1, 0.15) is 11.6 Å². The molecule has 0 spiro atoms. The number of hydrogen-bond donors (Lipinski definition) is 2. The first-order valence-corrected chi connectivity index (χ1v) is 15.9. The predicted octanol–water partition coefficient (Wildman–Crippen LogP) is 5.21. The number of nitrogens with zero attached hydrogens (tertiary/aromatic N) is 3. The molecule has 9 nitrogen and oxygen atoms in total. The highest BCUT2D eigenvalue weighted by Crippen LogP contribution is 2.10. The summed E-state index contributed by atoms with van der Waals surface area (Å²) in [5, 5.41) is 14.4. The Bertz CT molecular complexity index is 920. The van der Waals surface area contributed by atoms with Crippen molar-refractivity contribution in [1.82, 2.24) is 15.1 Å². The summed E-state index contributed by atoms with van der Waals surface area (Å²) in [4.78, 5) is 37.7. The number of amides is 2. The van der Waals surface area contributed by atoms with Crippen LogP contribution in [0.15, 0.2) is 36.4 Å². The Morgan fingerprint density at radius 3 is 2.24 bits per heavy atom. The van der Waals surface area contributed by atoms with E-state index in [1.807, 2.05) is 44.5 Å². The van der Waals surface area contributed by atoms with E-state index in [2.05, 4.69) is 47.6 Å². The van der Waals surface area contributed by atoms with Gasteiger partial charge < -0.3 is 25.2 Å². The first-order valence-electron chi connectivity index (χ1n) is 14.5. The van der Waals surface area contributed by atoms with Gasteiger partial charge in [0, 0.05) is 37.9 Å². The highest BCUT2D eigenvalue weighted by atomic mass is 32.2. The van der Waals surface area contributed by atoms with E-state index in [1.54, 1.807) is 29.7 Å². The van der Waals surface area contributed by atoms with Crippen molar-refractivity contribution in [3.05, 3.63) is 42.0 Å². The van der Waals surface area contributed by atoms with Crippen molar-refractivity contribution in [2.75, 3.05) is 70.2 Å². The summed E-state index contributed by atoms with van der Waals surface area (Å²) in [7, 11) is 1.82.